The number of nitrogens with zero attached hydrogens (tertiary/aromatic N) is 1. The van der Waals surface area contributed by atoms with Crippen molar-refractivity contribution in [2.45, 2.75) is 26.2 Å². The fourth-order valence-corrected chi connectivity index (χ4v) is 4.83. The number of carbonyl (C=O) groups is 2. The SMILES string of the molecule is C=CC1=CC[C@H]2C(=O)N(c3ccccc3)C(=O)[C@@]2(C)[C@H]1c1ccc(O)c(OCC)c1. The molecule has 5 heteroatoms. The molecule has 2 aliphatic rings. The Kier molecular flexibility index (Phi) is 4.98. The second kappa shape index (κ2) is 7.48. The second-order valence-corrected chi connectivity index (χ2v) is 7.89. The number of hydrogen-bond donors (Lipinski definition) is 1. The molecule has 0 radical (unpaired) electrons. The molecule has 0 spiro atoms. The molecule has 2 aromatic rings. The Hall–Kier alpha value is -3.34. The summed E-state index contributed by atoms with van der Waals surface area (Å²) in [5.41, 5.74) is 1.33. The molecule has 1 N–H and O–H groups in total. The third-order valence-corrected chi connectivity index (χ3v) is 6.30. The Morgan fingerprint density at radius 2 is 1.97 bits per heavy atom. The maximum atomic E-state index is 13.8. The largest absolute Gasteiger partial charge is 0.504 e. The zero-order chi connectivity index (χ0) is 21.5. The molecule has 0 aromatic heterocycles. The number of imide groups is 1. The zero-order valence-corrected chi connectivity index (χ0v) is 17.2. The van der Waals surface area contributed by atoms with Crippen molar-refractivity contribution in [1.29, 1.82) is 0 Å². The summed E-state index contributed by atoms with van der Waals surface area (Å²) < 4.78 is 5.56. The van der Waals surface area contributed by atoms with Gasteiger partial charge in [0.25, 0.3) is 0 Å². The van der Waals surface area contributed by atoms with Crippen molar-refractivity contribution in [2.75, 3.05) is 11.5 Å². The average molecular weight is 403 g/mol. The van der Waals surface area contributed by atoms with Crippen molar-refractivity contribution >= 4 is 17.5 Å². The first kappa shape index (κ1) is 20.0. The minimum absolute atomic E-state index is 0.0435. The molecule has 2 amide bonds. The average Bonchev–Trinajstić information content (AvgIpc) is 2.95. The van der Waals surface area contributed by atoms with Crippen LogP contribution >= 0.6 is 0 Å². The quantitative estimate of drug-likeness (QED) is 0.742. The number of phenols is 1. The van der Waals surface area contributed by atoms with Gasteiger partial charge in [-0.3, -0.25) is 9.59 Å². The van der Waals surface area contributed by atoms with Crippen molar-refractivity contribution in [1.82, 2.24) is 0 Å². The van der Waals surface area contributed by atoms with E-state index < -0.39 is 11.3 Å². The van der Waals surface area contributed by atoms with Crippen molar-refractivity contribution in [2.24, 2.45) is 11.3 Å². The molecule has 1 saturated heterocycles. The fourth-order valence-electron chi connectivity index (χ4n) is 4.83. The molecule has 0 unspecified atom stereocenters. The number of fused-ring (bicyclic) bond motifs is 1. The fraction of sp³-hybridized carbons (Fsp3) is 0.280. The van der Waals surface area contributed by atoms with Gasteiger partial charge < -0.3 is 9.84 Å². The van der Waals surface area contributed by atoms with Crippen LogP contribution in [0.5, 0.6) is 11.5 Å². The Bertz CT molecular complexity index is 1040. The monoisotopic (exact) mass is 403 g/mol. The van der Waals surface area contributed by atoms with Crippen LogP contribution in [0.25, 0.3) is 0 Å². The van der Waals surface area contributed by atoms with Gasteiger partial charge in [-0.15, -0.1) is 0 Å². The summed E-state index contributed by atoms with van der Waals surface area (Å²) in [7, 11) is 0. The van der Waals surface area contributed by atoms with Crippen LogP contribution in [-0.2, 0) is 9.59 Å². The van der Waals surface area contributed by atoms with E-state index >= 15 is 0 Å². The van der Waals surface area contributed by atoms with Crippen molar-refractivity contribution in [3.05, 3.63) is 78.4 Å². The van der Waals surface area contributed by atoms with Gasteiger partial charge in [0.1, 0.15) is 0 Å². The topological polar surface area (TPSA) is 66.8 Å². The molecule has 0 saturated carbocycles. The molecule has 1 fully saturated rings. The maximum absolute atomic E-state index is 13.8. The number of amides is 2. The van der Waals surface area contributed by atoms with Crippen LogP contribution in [0.3, 0.4) is 0 Å². The number of ether oxygens (including phenoxy) is 1. The third-order valence-electron chi connectivity index (χ3n) is 6.30. The van der Waals surface area contributed by atoms with Crippen molar-refractivity contribution < 1.29 is 19.4 Å². The Morgan fingerprint density at radius 3 is 2.63 bits per heavy atom. The first-order valence-corrected chi connectivity index (χ1v) is 10.1. The van der Waals surface area contributed by atoms with Crippen LogP contribution in [0, 0.1) is 11.3 Å². The maximum Gasteiger partial charge on any atom is 0.241 e. The normalized spacial score (nSPS) is 25.7. The van der Waals surface area contributed by atoms with Gasteiger partial charge in [0.2, 0.25) is 11.8 Å². The lowest BCUT2D eigenvalue weighted by Crippen LogP contribution is -2.41. The van der Waals surface area contributed by atoms with E-state index in [4.69, 9.17) is 4.74 Å². The predicted molar refractivity (Wildman–Crippen MR) is 115 cm³/mol. The van der Waals surface area contributed by atoms with Crippen LogP contribution in [0.1, 0.15) is 31.7 Å². The highest BCUT2D eigenvalue weighted by atomic mass is 16.5. The van der Waals surface area contributed by atoms with Crippen LogP contribution in [-0.4, -0.2) is 23.5 Å². The molecule has 5 nitrogen and oxygen atoms in total. The van der Waals surface area contributed by atoms with E-state index in [9.17, 15) is 14.7 Å². The number of rotatable bonds is 5. The van der Waals surface area contributed by atoms with Crippen LogP contribution in [0.2, 0.25) is 0 Å². The number of phenolic OH excluding ortho intramolecular Hbond substituents is 1. The lowest BCUT2D eigenvalue weighted by atomic mass is 9.60. The van der Waals surface area contributed by atoms with Crippen LogP contribution < -0.4 is 9.64 Å². The first-order valence-electron chi connectivity index (χ1n) is 10.1. The van der Waals surface area contributed by atoms with Gasteiger partial charge in [-0.05, 0) is 55.7 Å². The highest BCUT2D eigenvalue weighted by Crippen LogP contribution is 2.57. The van der Waals surface area contributed by atoms with E-state index in [-0.39, 0.29) is 23.5 Å². The van der Waals surface area contributed by atoms with E-state index in [0.717, 1.165) is 11.1 Å². The van der Waals surface area contributed by atoms with E-state index in [1.54, 1.807) is 36.4 Å². The number of para-hydroxylation sites is 1. The predicted octanol–water partition coefficient (Wildman–Crippen LogP) is 4.59. The van der Waals surface area contributed by atoms with Crippen molar-refractivity contribution in [3.63, 3.8) is 0 Å². The summed E-state index contributed by atoms with van der Waals surface area (Å²) in [6.45, 7) is 8.07. The van der Waals surface area contributed by atoms with Crippen LogP contribution in [0.4, 0.5) is 5.69 Å². The third kappa shape index (κ3) is 2.84. The summed E-state index contributed by atoms with van der Waals surface area (Å²) in [5.74, 6) is -0.834. The van der Waals surface area contributed by atoms with Crippen LogP contribution in [0.15, 0.2) is 72.8 Å². The Balaban J connectivity index is 1.86. The number of allylic oxidation sites excluding steroid dienone is 3. The van der Waals surface area contributed by atoms with Gasteiger partial charge in [-0.2, -0.15) is 0 Å². The summed E-state index contributed by atoms with van der Waals surface area (Å²) in [6, 6.07) is 14.2. The molecule has 1 heterocycles. The summed E-state index contributed by atoms with van der Waals surface area (Å²) in [5, 5.41) is 10.1. The van der Waals surface area contributed by atoms with Gasteiger partial charge >= 0.3 is 0 Å². The number of anilines is 1. The van der Waals surface area contributed by atoms with Gasteiger partial charge in [0, 0.05) is 5.92 Å². The molecule has 1 aliphatic heterocycles. The van der Waals surface area contributed by atoms with Crippen molar-refractivity contribution in [3.8, 4) is 11.5 Å². The van der Waals surface area contributed by atoms with E-state index in [1.807, 2.05) is 38.1 Å². The Morgan fingerprint density at radius 1 is 1.23 bits per heavy atom. The highest BCUT2D eigenvalue weighted by Gasteiger charge is 2.62. The number of carbonyl (C=O) groups excluding carboxylic acids is 2. The Labute approximate surface area is 176 Å². The summed E-state index contributed by atoms with van der Waals surface area (Å²) >= 11 is 0. The lowest BCUT2D eigenvalue weighted by Gasteiger charge is -2.40. The number of benzene rings is 2. The molecule has 2 aromatic carbocycles. The zero-order valence-electron chi connectivity index (χ0n) is 17.2. The number of aromatic hydroxyl groups is 1. The standard InChI is InChI=1S/C25H25NO4/c1-4-16-11-13-19-23(28)26(18-9-7-6-8-10-18)24(29)25(19,3)22(16)17-12-14-20(27)21(15-17)30-5-2/h4,6-12,14-15,19,22,27H,1,5,13H2,2-3H3/t19-,22+,25+/m0/s1. The molecule has 3 atom stereocenters. The number of hydrogen-bond acceptors (Lipinski definition) is 4. The lowest BCUT2D eigenvalue weighted by molar-refractivity contribution is -0.127. The van der Waals surface area contributed by atoms with E-state index in [0.29, 0.717) is 24.5 Å². The van der Waals surface area contributed by atoms with Gasteiger partial charge in [-0.1, -0.05) is 43.0 Å². The van der Waals surface area contributed by atoms with Gasteiger partial charge in [0.05, 0.1) is 23.6 Å². The smallest absolute Gasteiger partial charge is 0.241 e. The molecule has 30 heavy (non-hydrogen) atoms. The molecule has 0 bridgehead atoms. The van der Waals surface area contributed by atoms with E-state index in [1.165, 1.54) is 4.90 Å². The van der Waals surface area contributed by atoms with Gasteiger partial charge in [0.15, 0.2) is 11.5 Å². The first-order chi connectivity index (χ1) is 14.4. The highest BCUT2D eigenvalue weighted by molar-refractivity contribution is 6.24. The molecule has 4 rings (SSSR count). The molecular formula is C25H25NO4. The minimum atomic E-state index is -0.967. The second-order valence-electron chi connectivity index (χ2n) is 7.89. The molecule has 1 aliphatic carbocycles. The molecular weight excluding hydrogens is 378 g/mol. The molecule has 154 valence electrons. The summed E-state index contributed by atoms with van der Waals surface area (Å²) in [4.78, 5) is 28.4. The minimum Gasteiger partial charge on any atom is -0.504 e. The summed E-state index contributed by atoms with van der Waals surface area (Å²) in [6.07, 6.45) is 4.23. The van der Waals surface area contributed by atoms with E-state index in [2.05, 4.69) is 6.58 Å². The van der Waals surface area contributed by atoms with Gasteiger partial charge in [-0.25, -0.2) is 4.90 Å².